The molecule has 2 aromatic carbocycles. The minimum absolute atomic E-state index is 0.00281. The Balaban J connectivity index is 1.41. The van der Waals surface area contributed by atoms with Crippen LogP contribution in [0.1, 0.15) is 92.7 Å². The number of benzene rings is 2. The van der Waals surface area contributed by atoms with Crippen molar-refractivity contribution in [2.45, 2.75) is 118 Å². The van der Waals surface area contributed by atoms with Crippen LogP contribution < -0.4 is 0 Å². The maximum atomic E-state index is 14.6. The zero-order chi connectivity index (χ0) is 39.6. The van der Waals surface area contributed by atoms with Gasteiger partial charge in [0, 0.05) is 38.0 Å². The lowest BCUT2D eigenvalue weighted by molar-refractivity contribution is -0.145. The van der Waals surface area contributed by atoms with Gasteiger partial charge in [-0.2, -0.15) is 0 Å². The third-order valence-electron chi connectivity index (χ3n) is 14.0. The van der Waals surface area contributed by atoms with E-state index in [1.54, 1.807) is 0 Å². The Morgan fingerprint density at radius 2 is 1.08 bits per heavy atom. The molecule has 1 saturated heterocycles. The number of hydrogen-bond acceptors (Lipinski definition) is 6. The molecule has 9 heteroatoms. The van der Waals surface area contributed by atoms with Crippen LogP contribution in [-0.4, -0.2) is 64.7 Å². The number of rotatable bonds is 14. The Bertz CT molecular complexity index is 1670. The molecular weight excluding hydrogens is 695 g/mol. The smallest absolute Gasteiger partial charge is 0.234 e. The van der Waals surface area contributed by atoms with Gasteiger partial charge in [0.25, 0.3) is 0 Å². The monoisotopic (exact) mass is 757 g/mol. The number of likely N-dealkylation sites (tertiary alicyclic amines) is 1. The summed E-state index contributed by atoms with van der Waals surface area (Å²) < 4.78 is 13.6. The van der Waals surface area contributed by atoms with Crippen molar-refractivity contribution in [3.63, 3.8) is 0 Å². The molecule has 288 valence electrons. The van der Waals surface area contributed by atoms with E-state index in [1.807, 2.05) is 74.5 Å². The summed E-state index contributed by atoms with van der Waals surface area (Å²) in [5.41, 5.74) is 0.515. The summed E-state index contributed by atoms with van der Waals surface area (Å²) in [5, 5.41) is 0.0179. The second-order valence-electron chi connectivity index (χ2n) is 19.4. The quantitative estimate of drug-likeness (QED) is 0.141. The fourth-order valence-corrected chi connectivity index (χ4v) is 10.6. The van der Waals surface area contributed by atoms with Crippen LogP contribution in [0.3, 0.4) is 0 Å². The number of allylic oxidation sites excluding steroid dienone is 2. The predicted octanol–water partition coefficient (Wildman–Crippen LogP) is 9.60. The number of nitrogens with zero attached hydrogens (tertiary/aromatic N) is 1. The summed E-state index contributed by atoms with van der Waals surface area (Å²) in [4.78, 5) is 58.9. The first-order valence-corrected chi connectivity index (χ1v) is 25.3. The van der Waals surface area contributed by atoms with Crippen LogP contribution in [-0.2, 0) is 28.0 Å². The number of hydrogen-bond donors (Lipinski definition) is 0. The average Bonchev–Trinajstić information content (AvgIpc) is 3.53. The van der Waals surface area contributed by atoms with E-state index in [1.165, 1.54) is 4.90 Å². The Labute approximate surface area is 320 Å². The van der Waals surface area contributed by atoms with Crippen LogP contribution in [0.15, 0.2) is 60.7 Å². The Hall–Kier alpha value is -2.99. The summed E-state index contributed by atoms with van der Waals surface area (Å²) >= 11 is 0. The molecule has 2 aromatic rings. The van der Waals surface area contributed by atoms with E-state index in [0.717, 1.165) is 22.3 Å². The molecule has 2 aliphatic carbocycles. The standard InChI is InChI=1S/C44H63NO6Si2/c1-14-44(28-50-52(10,11)40(2,3)4,29-51-53(12,13)41(5,6)7)27-32(46)25-26-45-37(47)35-36(38(45)48)43(9)34(31-23-19-16-20-24-31)33(42(35,8)39(43)49)30-21-17-15-18-22-30/h15-24,35-36H,14,25-29H2,1-13H3. The molecule has 5 rings (SSSR count). The van der Waals surface area contributed by atoms with E-state index in [-0.39, 0.29) is 52.8 Å². The van der Waals surface area contributed by atoms with Crippen molar-refractivity contribution in [3.05, 3.63) is 71.8 Å². The summed E-state index contributed by atoms with van der Waals surface area (Å²) in [5.74, 6) is -2.45. The van der Waals surface area contributed by atoms with Crippen molar-refractivity contribution >= 4 is 51.2 Å². The Morgan fingerprint density at radius 1 is 0.698 bits per heavy atom. The maximum absolute atomic E-state index is 14.6. The zero-order valence-corrected chi connectivity index (χ0v) is 36.6. The lowest BCUT2D eigenvalue weighted by Crippen LogP contribution is -2.48. The van der Waals surface area contributed by atoms with Crippen LogP contribution in [0.2, 0.25) is 36.3 Å². The molecule has 4 atom stereocenters. The number of fused-ring (bicyclic) bond motifs is 5. The predicted molar refractivity (Wildman–Crippen MR) is 218 cm³/mol. The van der Waals surface area contributed by atoms with Gasteiger partial charge in [-0.25, -0.2) is 0 Å². The van der Waals surface area contributed by atoms with Gasteiger partial charge in [-0.1, -0.05) is 109 Å². The number of ketones is 2. The van der Waals surface area contributed by atoms with E-state index >= 15 is 0 Å². The SMILES string of the molecule is CCC(CO[Si](C)(C)C(C)(C)C)(CO[Si](C)(C)C(C)(C)C)CC(=O)CCN1C(=O)C2C(C1=O)C1(C)C(=O)C2(C)C(c2ccccc2)=C1c1ccccc1. The summed E-state index contributed by atoms with van der Waals surface area (Å²) in [6.45, 7) is 28.8. The number of carbonyl (C=O) groups is 4. The Morgan fingerprint density at radius 3 is 1.42 bits per heavy atom. The molecule has 0 spiro atoms. The molecule has 1 heterocycles. The van der Waals surface area contributed by atoms with Gasteiger partial charge < -0.3 is 8.85 Å². The second-order valence-corrected chi connectivity index (χ2v) is 29.0. The van der Waals surface area contributed by atoms with Crippen LogP contribution in [0.4, 0.5) is 0 Å². The lowest BCUT2D eigenvalue weighted by Gasteiger charge is -2.43. The highest BCUT2D eigenvalue weighted by Crippen LogP contribution is 2.73. The molecule has 1 saturated carbocycles. The number of Topliss-reactive ketones (excluding diaryl/α,β-unsaturated/α-hetero) is 2. The highest BCUT2D eigenvalue weighted by atomic mass is 28.4. The van der Waals surface area contributed by atoms with E-state index in [9.17, 15) is 19.2 Å². The van der Waals surface area contributed by atoms with E-state index < -0.39 is 44.7 Å². The van der Waals surface area contributed by atoms with Gasteiger partial charge in [0.1, 0.15) is 5.78 Å². The molecule has 2 fully saturated rings. The summed E-state index contributed by atoms with van der Waals surface area (Å²) in [6, 6.07) is 19.6. The molecule has 7 nitrogen and oxygen atoms in total. The Kier molecular flexibility index (Phi) is 10.8. The summed E-state index contributed by atoms with van der Waals surface area (Å²) in [6.07, 6.45) is 0.981. The average molecular weight is 758 g/mol. The van der Waals surface area contributed by atoms with Gasteiger partial charge in [-0.05, 0) is 78.8 Å². The number of amides is 2. The summed E-state index contributed by atoms with van der Waals surface area (Å²) in [7, 11) is -4.27. The van der Waals surface area contributed by atoms with Gasteiger partial charge in [-0.3, -0.25) is 24.1 Å². The second kappa shape index (κ2) is 13.9. The van der Waals surface area contributed by atoms with E-state index in [4.69, 9.17) is 8.85 Å². The van der Waals surface area contributed by atoms with Crippen LogP contribution in [0.25, 0.3) is 11.1 Å². The molecular formula is C44H63NO6Si2. The normalized spacial score (nSPS) is 25.2. The van der Waals surface area contributed by atoms with Crippen molar-refractivity contribution < 1.29 is 28.0 Å². The molecule has 53 heavy (non-hydrogen) atoms. The molecule has 3 aliphatic rings. The van der Waals surface area contributed by atoms with Crippen LogP contribution in [0, 0.1) is 28.1 Å². The first-order valence-electron chi connectivity index (χ1n) is 19.5. The van der Waals surface area contributed by atoms with Gasteiger partial charge >= 0.3 is 0 Å². The third-order valence-corrected chi connectivity index (χ3v) is 23.0. The van der Waals surface area contributed by atoms with Crippen molar-refractivity contribution in [1.82, 2.24) is 4.90 Å². The molecule has 0 N–H and O–H groups in total. The zero-order valence-electron chi connectivity index (χ0n) is 34.6. The van der Waals surface area contributed by atoms with Gasteiger partial charge in [0.05, 0.1) is 22.7 Å². The number of carbonyl (C=O) groups excluding carboxylic acids is 4. The third kappa shape index (κ3) is 6.82. The van der Waals surface area contributed by atoms with Crippen molar-refractivity contribution in [3.8, 4) is 0 Å². The minimum atomic E-state index is -2.14. The largest absolute Gasteiger partial charge is 0.416 e. The highest BCUT2D eigenvalue weighted by molar-refractivity contribution is 6.74. The molecule has 2 bridgehead atoms. The van der Waals surface area contributed by atoms with Gasteiger partial charge in [-0.15, -0.1) is 0 Å². The minimum Gasteiger partial charge on any atom is -0.416 e. The highest BCUT2D eigenvalue weighted by Gasteiger charge is 2.78. The first-order chi connectivity index (χ1) is 24.4. The molecule has 2 amide bonds. The van der Waals surface area contributed by atoms with Gasteiger partial charge in [0.2, 0.25) is 11.8 Å². The maximum Gasteiger partial charge on any atom is 0.234 e. The first kappa shape index (κ1) is 41.2. The molecule has 0 radical (unpaired) electrons. The van der Waals surface area contributed by atoms with Crippen molar-refractivity contribution in [1.29, 1.82) is 0 Å². The molecule has 1 aliphatic heterocycles. The van der Waals surface area contributed by atoms with E-state index in [0.29, 0.717) is 19.6 Å². The fraction of sp³-hybridized carbons (Fsp3) is 0.591. The lowest BCUT2D eigenvalue weighted by atomic mass is 9.63. The fourth-order valence-electron chi connectivity index (χ4n) is 8.40. The van der Waals surface area contributed by atoms with Gasteiger partial charge in [0.15, 0.2) is 22.4 Å². The topological polar surface area (TPSA) is 90.0 Å². The van der Waals surface area contributed by atoms with E-state index in [2.05, 4.69) is 74.7 Å². The van der Waals surface area contributed by atoms with Crippen molar-refractivity contribution in [2.75, 3.05) is 19.8 Å². The van der Waals surface area contributed by atoms with Crippen LogP contribution in [0.5, 0.6) is 0 Å². The van der Waals surface area contributed by atoms with Crippen LogP contribution >= 0.6 is 0 Å². The number of imide groups is 1. The molecule has 0 aromatic heterocycles. The van der Waals surface area contributed by atoms with Crippen molar-refractivity contribution in [2.24, 2.45) is 28.1 Å². The molecule has 4 unspecified atom stereocenters.